The summed E-state index contributed by atoms with van der Waals surface area (Å²) in [6, 6.07) is 0.646. The third-order valence-corrected chi connectivity index (χ3v) is 6.14. The van der Waals surface area contributed by atoms with Gasteiger partial charge in [-0.1, -0.05) is 0 Å². The number of nitrogens with zero attached hydrogens (tertiary/aromatic N) is 3. The molecule has 3 rings (SSSR count). The first-order chi connectivity index (χ1) is 13.1. The van der Waals surface area contributed by atoms with Crippen molar-refractivity contribution in [2.24, 2.45) is 0 Å². The summed E-state index contributed by atoms with van der Waals surface area (Å²) in [5.41, 5.74) is 0.305. The van der Waals surface area contributed by atoms with Crippen LogP contribution < -0.4 is 21.3 Å². The fourth-order valence-electron chi connectivity index (χ4n) is 5.69. The van der Waals surface area contributed by atoms with E-state index in [2.05, 4.69) is 109 Å². The first kappa shape index (κ1) is 22.9. The van der Waals surface area contributed by atoms with Gasteiger partial charge in [-0.25, -0.2) is 0 Å². The molecule has 0 saturated carbocycles. The summed E-state index contributed by atoms with van der Waals surface area (Å²) in [4.78, 5) is 13.8. The zero-order valence-corrected chi connectivity index (χ0v) is 21.4. The second-order valence-corrected chi connectivity index (χ2v) is 12.5. The molecule has 7 nitrogen and oxygen atoms in total. The van der Waals surface area contributed by atoms with Crippen molar-refractivity contribution in [3.8, 4) is 0 Å². The van der Waals surface area contributed by atoms with Crippen molar-refractivity contribution in [3.05, 3.63) is 3.83 Å². The highest BCUT2D eigenvalue weighted by Gasteiger charge is 2.39. The van der Waals surface area contributed by atoms with E-state index in [1.54, 1.807) is 0 Å². The van der Waals surface area contributed by atoms with E-state index in [9.17, 15) is 0 Å². The number of anilines is 2. The first-order valence-electron chi connectivity index (χ1n) is 10.7. The van der Waals surface area contributed by atoms with Gasteiger partial charge in [0.25, 0.3) is 0 Å². The number of halogens is 1. The van der Waals surface area contributed by atoms with Crippen molar-refractivity contribution >= 4 is 34.5 Å². The molecule has 1 aromatic rings. The van der Waals surface area contributed by atoms with Crippen molar-refractivity contribution in [3.63, 3.8) is 0 Å². The van der Waals surface area contributed by atoms with E-state index in [0.717, 1.165) is 25.7 Å². The van der Waals surface area contributed by atoms with Crippen LogP contribution in [0.25, 0.3) is 0 Å². The summed E-state index contributed by atoms with van der Waals surface area (Å²) in [5.74, 6) is 1.33. The van der Waals surface area contributed by atoms with E-state index in [0.29, 0.717) is 27.8 Å². The summed E-state index contributed by atoms with van der Waals surface area (Å²) in [6.45, 7) is 18.1. The van der Waals surface area contributed by atoms with Gasteiger partial charge >= 0.3 is 0 Å². The minimum Gasteiger partial charge on any atom is -0.351 e. The molecule has 0 amide bonds. The van der Waals surface area contributed by atoms with Gasteiger partial charge in [-0.3, -0.25) is 0 Å². The molecule has 0 spiro atoms. The predicted molar refractivity (Wildman–Crippen MR) is 128 cm³/mol. The number of nitrogens with one attached hydrogen (secondary N) is 4. The Morgan fingerprint density at radius 1 is 0.655 bits per heavy atom. The Morgan fingerprint density at radius 3 is 1.28 bits per heavy atom. The zero-order chi connectivity index (χ0) is 21.7. The molecular weight excluding hydrogens is 477 g/mol. The van der Waals surface area contributed by atoms with E-state index >= 15 is 0 Å². The van der Waals surface area contributed by atoms with Crippen molar-refractivity contribution in [2.75, 3.05) is 10.6 Å². The fourth-order valence-corrected chi connectivity index (χ4v) is 6.15. The van der Waals surface area contributed by atoms with Crippen LogP contribution in [0.15, 0.2) is 0 Å². The van der Waals surface area contributed by atoms with Gasteiger partial charge in [0.1, 0.15) is 0 Å². The highest BCUT2D eigenvalue weighted by Crippen LogP contribution is 2.31. The molecule has 2 saturated heterocycles. The van der Waals surface area contributed by atoms with Crippen LogP contribution >= 0.6 is 22.6 Å². The second-order valence-electron chi connectivity index (χ2n) is 11.5. The molecule has 0 bridgehead atoms. The SMILES string of the molecule is CC1(C)CC(Nc2nc(I)nc(NC3CC(C)(C)NC(C)(C)C3)n2)CC(C)(C)N1. The normalized spacial score (nSPS) is 26.1. The molecule has 0 unspecified atom stereocenters. The fraction of sp³-hybridized carbons (Fsp3) is 0.857. The minimum absolute atomic E-state index is 0.0763. The van der Waals surface area contributed by atoms with Gasteiger partial charge in [0.2, 0.25) is 11.9 Å². The molecule has 1 aromatic heterocycles. The molecule has 3 heterocycles. The molecule has 164 valence electrons. The Kier molecular flexibility index (Phi) is 6.13. The summed E-state index contributed by atoms with van der Waals surface area (Å²) in [7, 11) is 0. The highest BCUT2D eigenvalue weighted by molar-refractivity contribution is 14.1. The predicted octanol–water partition coefficient (Wildman–Crippen LogP) is 3.92. The summed E-state index contributed by atoms with van der Waals surface area (Å²) in [6.07, 6.45) is 4.10. The smallest absolute Gasteiger partial charge is 0.228 e. The van der Waals surface area contributed by atoms with Crippen LogP contribution in [0.3, 0.4) is 0 Å². The van der Waals surface area contributed by atoms with Gasteiger partial charge in [0.15, 0.2) is 3.83 Å². The van der Waals surface area contributed by atoms with Gasteiger partial charge in [-0.05, 0) is 81.1 Å². The Labute approximate surface area is 189 Å². The van der Waals surface area contributed by atoms with Gasteiger partial charge < -0.3 is 21.3 Å². The molecule has 0 aliphatic carbocycles. The Morgan fingerprint density at radius 2 is 0.966 bits per heavy atom. The molecule has 8 heteroatoms. The Hall–Kier alpha value is -0.740. The minimum atomic E-state index is 0.0763. The summed E-state index contributed by atoms with van der Waals surface area (Å²) < 4.78 is 0.711. The molecule has 2 aliphatic rings. The number of aromatic nitrogens is 3. The topological polar surface area (TPSA) is 86.8 Å². The van der Waals surface area contributed by atoms with Gasteiger partial charge in [-0.15, -0.1) is 0 Å². The van der Waals surface area contributed by atoms with Crippen LogP contribution in [0, 0.1) is 3.83 Å². The average Bonchev–Trinajstić information content (AvgIpc) is 2.38. The standard InChI is InChI=1S/C21H38IN7/c1-18(2)9-13(10-19(3,4)28-18)23-16-25-15(22)26-17(27-16)24-14-11-20(5,6)29-21(7,8)12-14/h13-14,28-29H,9-12H2,1-8H3,(H2,23,24,25,26,27). The Bertz CT molecular complexity index is 654. The van der Waals surface area contributed by atoms with Crippen LogP contribution in [0.4, 0.5) is 11.9 Å². The average molecular weight is 515 g/mol. The lowest BCUT2D eigenvalue weighted by Crippen LogP contribution is -2.60. The monoisotopic (exact) mass is 515 g/mol. The van der Waals surface area contributed by atoms with Gasteiger partial charge in [0.05, 0.1) is 0 Å². The maximum Gasteiger partial charge on any atom is 0.228 e. The Balaban J connectivity index is 1.73. The second kappa shape index (κ2) is 7.75. The zero-order valence-electron chi connectivity index (χ0n) is 19.2. The molecular formula is C21H38IN7. The van der Waals surface area contributed by atoms with Crippen molar-refractivity contribution in [1.29, 1.82) is 0 Å². The van der Waals surface area contributed by atoms with Gasteiger partial charge in [0, 0.05) is 56.8 Å². The molecule has 0 atom stereocenters. The van der Waals surface area contributed by atoms with Crippen LogP contribution in [0.2, 0.25) is 0 Å². The molecule has 4 N–H and O–H groups in total. The van der Waals surface area contributed by atoms with Crippen LogP contribution in [0.1, 0.15) is 81.1 Å². The van der Waals surface area contributed by atoms with E-state index in [4.69, 9.17) is 4.98 Å². The molecule has 0 radical (unpaired) electrons. The maximum atomic E-state index is 4.72. The van der Waals surface area contributed by atoms with Crippen LogP contribution in [0.5, 0.6) is 0 Å². The van der Waals surface area contributed by atoms with Crippen LogP contribution in [-0.4, -0.2) is 49.2 Å². The molecule has 2 fully saturated rings. The first-order valence-corrected chi connectivity index (χ1v) is 11.7. The van der Waals surface area contributed by atoms with E-state index in [1.807, 2.05) is 0 Å². The van der Waals surface area contributed by atoms with Crippen molar-refractivity contribution < 1.29 is 0 Å². The lowest BCUT2D eigenvalue weighted by molar-refractivity contribution is 0.170. The molecule has 2 aliphatic heterocycles. The number of hydrogen-bond acceptors (Lipinski definition) is 7. The van der Waals surface area contributed by atoms with Crippen molar-refractivity contribution in [1.82, 2.24) is 25.6 Å². The maximum absolute atomic E-state index is 4.72. The summed E-state index contributed by atoms with van der Waals surface area (Å²) in [5, 5.41) is 14.6. The summed E-state index contributed by atoms with van der Waals surface area (Å²) >= 11 is 2.18. The number of piperidine rings is 2. The number of rotatable bonds is 4. The van der Waals surface area contributed by atoms with E-state index in [1.165, 1.54) is 0 Å². The lowest BCUT2D eigenvalue weighted by atomic mass is 9.80. The van der Waals surface area contributed by atoms with Crippen molar-refractivity contribution in [2.45, 2.75) is 115 Å². The molecule has 0 aromatic carbocycles. The molecule has 29 heavy (non-hydrogen) atoms. The third kappa shape index (κ3) is 6.62. The number of hydrogen-bond donors (Lipinski definition) is 4. The van der Waals surface area contributed by atoms with Crippen LogP contribution in [-0.2, 0) is 0 Å². The van der Waals surface area contributed by atoms with E-state index < -0.39 is 0 Å². The quantitative estimate of drug-likeness (QED) is 0.453. The van der Waals surface area contributed by atoms with Gasteiger partial charge in [-0.2, -0.15) is 15.0 Å². The lowest BCUT2D eigenvalue weighted by Gasteiger charge is -2.46. The highest BCUT2D eigenvalue weighted by atomic mass is 127. The van der Waals surface area contributed by atoms with E-state index in [-0.39, 0.29) is 22.2 Å². The third-order valence-electron chi connectivity index (χ3n) is 5.65. The largest absolute Gasteiger partial charge is 0.351 e.